The highest BCUT2D eigenvalue weighted by Gasteiger charge is 2.03. The first-order valence-electron chi connectivity index (χ1n) is 6.26. The van der Waals surface area contributed by atoms with Crippen molar-refractivity contribution in [1.82, 2.24) is 0 Å². The molecule has 0 atom stereocenters. The molecule has 0 unspecified atom stereocenters. The average molecular weight is 286 g/mol. The Bertz CT molecular complexity index is 624. The predicted octanol–water partition coefficient (Wildman–Crippen LogP) is 2.53. The molecule has 0 spiro atoms. The maximum absolute atomic E-state index is 10.5. The number of aromatic carboxylic acids is 1. The van der Waals surface area contributed by atoms with Gasteiger partial charge in [-0.1, -0.05) is 24.3 Å². The number of carbonyl (C=O) groups is 2. The van der Waals surface area contributed by atoms with Crippen LogP contribution in [0.3, 0.4) is 0 Å². The van der Waals surface area contributed by atoms with Gasteiger partial charge in [0.2, 0.25) is 0 Å². The summed E-state index contributed by atoms with van der Waals surface area (Å²) in [6.45, 7) is 0. The van der Waals surface area contributed by atoms with Crippen LogP contribution in [0.2, 0.25) is 0 Å². The third kappa shape index (κ3) is 4.65. The number of nitrogens with two attached hydrogens (primary N) is 1. The second-order valence-corrected chi connectivity index (χ2v) is 4.46. The molecule has 5 heteroatoms. The van der Waals surface area contributed by atoms with Gasteiger partial charge in [-0.2, -0.15) is 0 Å². The topological polar surface area (TPSA) is 83.6 Å². The molecule has 0 aromatic heterocycles. The number of para-hydroxylation sites is 2. The molecule has 2 rings (SSSR count). The van der Waals surface area contributed by atoms with Crippen molar-refractivity contribution in [3.05, 3.63) is 59.7 Å². The van der Waals surface area contributed by atoms with Crippen molar-refractivity contribution in [3.63, 3.8) is 0 Å². The van der Waals surface area contributed by atoms with Gasteiger partial charge < -0.3 is 15.7 Å². The first kappa shape index (κ1) is 16.2. The minimum Gasteiger partial charge on any atom is -0.478 e. The summed E-state index contributed by atoms with van der Waals surface area (Å²) < 4.78 is 0. The number of hydrogen-bond acceptors (Lipinski definition) is 4. The van der Waals surface area contributed by atoms with Crippen LogP contribution in [0.15, 0.2) is 48.5 Å². The lowest BCUT2D eigenvalue weighted by molar-refractivity contribution is 0.0698. The van der Waals surface area contributed by atoms with Gasteiger partial charge in [-0.25, -0.2) is 4.79 Å². The SMILES string of the molecule is CN(C)c1ccccc1C=O.Nc1ccccc1C(=O)O. The molecule has 0 fully saturated rings. The highest BCUT2D eigenvalue weighted by atomic mass is 16.4. The van der Waals surface area contributed by atoms with Gasteiger partial charge >= 0.3 is 5.97 Å². The third-order valence-corrected chi connectivity index (χ3v) is 2.74. The number of nitrogens with zero attached hydrogens (tertiary/aromatic N) is 1. The average Bonchev–Trinajstić information content (AvgIpc) is 2.48. The van der Waals surface area contributed by atoms with Gasteiger partial charge in [-0.15, -0.1) is 0 Å². The van der Waals surface area contributed by atoms with E-state index in [1.165, 1.54) is 6.07 Å². The van der Waals surface area contributed by atoms with Crippen LogP contribution in [0.25, 0.3) is 0 Å². The van der Waals surface area contributed by atoms with Crippen LogP contribution >= 0.6 is 0 Å². The van der Waals surface area contributed by atoms with Crippen LogP contribution < -0.4 is 10.6 Å². The molecule has 21 heavy (non-hydrogen) atoms. The molecule has 0 bridgehead atoms. The van der Waals surface area contributed by atoms with E-state index in [0.29, 0.717) is 5.69 Å². The summed E-state index contributed by atoms with van der Waals surface area (Å²) in [5, 5.41) is 8.49. The summed E-state index contributed by atoms with van der Waals surface area (Å²) in [5.74, 6) is -0.988. The van der Waals surface area contributed by atoms with E-state index in [-0.39, 0.29) is 5.56 Å². The minimum atomic E-state index is -0.988. The molecule has 5 nitrogen and oxygen atoms in total. The second-order valence-electron chi connectivity index (χ2n) is 4.46. The van der Waals surface area contributed by atoms with E-state index in [4.69, 9.17) is 10.8 Å². The molecule has 0 amide bonds. The third-order valence-electron chi connectivity index (χ3n) is 2.74. The standard InChI is InChI=1S/C9H11NO.C7H7NO2/c1-10(2)9-6-4-3-5-8(9)7-11;8-6-4-2-1-3-5(6)7(9)10/h3-7H,1-2H3;1-4H,8H2,(H,9,10). The maximum Gasteiger partial charge on any atom is 0.337 e. The molecule has 0 aliphatic rings. The second kappa shape index (κ2) is 7.69. The Labute approximate surface area is 123 Å². The Kier molecular flexibility index (Phi) is 5.95. The summed E-state index contributed by atoms with van der Waals surface area (Å²) >= 11 is 0. The number of rotatable bonds is 3. The molecule has 0 saturated carbocycles. The molecule has 110 valence electrons. The molecule has 0 saturated heterocycles. The fourth-order valence-electron chi connectivity index (χ4n) is 1.69. The number of aldehydes is 1. The van der Waals surface area contributed by atoms with Gasteiger partial charge in [0.1, 0.15) is 0 Å². The summed E-state index contributed by atoms with van der Waals surface area (Å²) in [4.78, 5) is 22.8. The van der Waals surface area contributed by atoms with Crippen molar-refractivity contribution in [3.8, 4) is 0 Å². The number of benzene rings is 2. The van der Waals surface area contributed by atoms with Gasteiger partial charge in [-0.3, -0.25) is 4.79 Å². The smallest absolute Gasteiger partial charge is 0.337 e. The quantitative estimate of drug-likeness (QED) is 0.669. The van der Waals surface area contributed by atoms with Crippen molar-refractivity contribution in [2.45, 2.75) is 0 Å². The Morgan fingerprint density at radius 2 is 1.67 bits per heavy atom. The first-order valence-corrected chi connectivity index (χ1v) is 6.26. The minimum absolute atomic E-state index is 0.155. The molecule has 2 aromatic rings. The zero-order valence-electron chi connectivity index (χ0n) is 12.0. The van der Waals surface area contributed by atoms with Crippen molar-refractivity contribution in [2.24, 2.45) is 0 Å². The lowest BCUT2D eigenvalue weighted by Crippen LogP contribution is -2.10. The van der Waals surface area contributed by atoms with Crippen LogP contribution in [-0.4, -0.2) is 31.5 Å². The van der Waals surface area contributed by atoms with Crippen molar-refractivity contribution >= 4 is 23.6 Å². The van der Waals surface area contributed by atoms with Crippen LogP contribution in [0.1, 0.15) is 20.7 Å². The molecule has 0 aliphatic carbocycles. The zero-order valence-corrected chi connectivity index (χ0v) is 12.0. The molecule has 0 radical (unpaired) electrons. The van der Waals surface area contributed by atoms with Crippen molar-refractivity contribution in [2.75, 3.05) is 24.7 Å². The molecule has 2 aromatic carbocycles. The monoisotopic (exact) mass is 286 g/mol. The Morgan fingerprint density at radius 1 is 1.10 bits per heavy atom. The lowest BCUT2D eigenvalue weighted by Gasteiger charge is -2.13. The fraction of sp³-hybridized carbons (Fsp3) is 0.125. The summed E-state index contributed by atoms with van der Waals surface area (Å²) in [5.41, 5.74) is 7.49. The van der Waals surface area contributed by atoms with E-state index in [2.05, 4.69) is 0 Å². The van der Waals surface area contributed by atoms with E-state index in [1.54, 1.807) is 18.2 Å². The fourth-order valence-corrected chi connectivity index (χ4v) is 1.69. The molecule has 3 N–H and O–H groups in total. The van der Waals surface area contributed by atoms with Gasteiger partial charge in [0, 0.05) is 31.0 Å². The van der Waals surface area contributed by atoms with E-state index >= 15 is 0 Å². The van der Waals surface area contributed by atoms with E-state index < -0.39 is 5.97 Å². The van der Waals surface area contributed by atoms with Crippen LogP contribution in [-0.2, 0) is 0 Å². The maximum atomic E-state index is 10.5. The van der Waals surface area contributed by atoms with Crippen molar-refractivity contribution in [1.29, 1.82) is 0 Å². The van der Waals surface area contributed by atoms with Gasteiger partial charge in [0.15, 0.2) is 6.29 Å². The number of carboxylic acids is 1. The Hall–Kier alpha value is -2.82. The van der Waals surface area contributed by atoms with Crippen LogP contribution in [0.5, 0.6) is 0 Å². The number of anilines is 2. The lowest BCUT2D eigenvalue weighted by atomic mass is 10.2. The molecular formula is C16H18N2O3. The summed E-state index contributed by atoms with van der Waals surface area (Å²) in [7, 11) is 3.84. The van der Waals surface area contributed by atoms with Crippen LogP contribution in [0.4, 0.5) is 11.4 Å². The predicted molar refractivity (Wildman–Crippen MR) is 84.0 cm³/mol. The first-order chi connectivity index (χ1) is 9.97. The zero-order chi connectivity index (χ0) is 15.8. The number of carboxylic acid groups (broad SMARTS) is 1. The van der Waals surface area contributed by atoms with Gasteiger partial charge in [0.25, 0.3) is 0 Å². The van der Waals surface area contributed by atoms with Crippen LogP contribution in [0, 0.1) is 0 Å². The summed E-state index contributed by atoms with van der Waals surface area (Å²) in [6.07, 6.45) is 0.870. The molecular weight excluding hydrogens is 268 g/mol. The van der Waals surface area contributed by atoms with E-state index in [0.717, 1.165) is 17.5 Å². The number of carbonyl (C=O) groups excluding carboxylic acids is 1. The van der Waals surface area contributed by atoms with Gasteiger partial charge in [0.05, 0.1) is 5.56 Å². The van der Waals surface area contributed by atoms with Gasteiger partial charge in [-0.05, 0) is 24.3 Å². The number of hydrogen-bond donors (Lipinski definition) is 2. The molecule has 0 heterocycles. The normalized spacial score (nSPS) is 9.24. The van der Waals surface area contributed by atoms with E-state index in [1.807, 2.05) is 43.3 Å². The Morgan fingerprint density at radius 3 is 2.10 bits per heavy atom. The highest BCUT2D eigenvalue weighted by Crippen LogP contribution is 2.14. The summed E-state index contributed by atoms with van der Waals surface area (Å²) in [6, 6.07) is 13.9. The largest absolute Gasteiger partial charge is 0.478 e. The number of nitrogen functional groups attached to an aromatic ring is 1. The Balaban J connectivity index is 0.000000211. The highest BCUT2D eigenvalue weighted by molar-refractivity contribution is 5.93. The van der Waals surface area contributed by atoms with Crippen molar-refractivity contribution < 1.29 is 14.7 Å². The molecule has 0 aliphatic heterocycles. The van der Waals surface area contributed by atoms with E-state index in [9.17, 15) is 9.59 Å².